The molecule has 0 aromatic heterocycles. The van der Waals surface area contributed by atoms with Crippen LogP contribution < -0.4 is 10.1 Å². The number of nitrogens with one attached hydrogen (secondary N) is 1. The first kappa shape index (κ1) is 16.8. The standard InChI is InChI=1S/C16H21NO4/c1-6-21-16(19)11(3)7-13-9-14(20-5)8-10(2)15(13)17-12(4)18/h7-9H,6H2,1-5H3,(H,17,18). The third kappa shape index (κ3) is 4.63. The van der Waals surface area contributed by atoms with E-state index in [1.165, 1.54) is 6.92 Å². The molecule has 0 atom stereocenters. The van der Waals surface area contributed by atoms with E-state index in [2.05, 4.69) is 5.32 Å². The minimum Gasteiger partial charge on any atom is -0.497 e. The zero-order valence-electron chi connectivity index (χ0n) is 13.1. The largest absolute Gasteiger partial charge is 0.497 e. The van der Waals surface area contributed by atoms with Gasteiger partial charge in [0.1, 0.15) is 5.75 Å². The van der Waals surface area contributed by atoms with E-state index in [1.807, 2.05) is 13.0 Å². The quantitative estimate of drug-likeness (QED) is 0.669. The smallest absolute Gasteiger partial charge is 0.333 e. The lowest BCUT2D eigenvalue weighted by atomic mass is 10.0. The van der Waals surface area contributed by atoms with Crippen molar-refractivity contribution >= 4 is 23.6 Å². The third-order valence-electron chi connectivity index (χ3n) is 2.85. The molecule has 0 unspecified atom stereocenters. The maximum absolute atomic E-state index is 11.7. The monoisotopic (exact) mass is 291 g/mol. The van der Waals surface area contributed by atoms with Crippen LogP contribution in [-0.4, -0.2) is 25.6 Å². The van der Waals surface area contributed by atoms with Crippen LogP contribution in [0.5, 0.6) is 5.75 Å². The number of hydrogen-bond acceptors (Lipinski definition) is 4. The van der Waals surface area contributed by atoms with Crippen molar-refractivity contribution in [1.82, 2.24) is 0 Å². The molecule has 1 aromatic rings. The average molecular weight is 291 g/mol. The molecule has 21 heavy (non-hydrogen) atoms. The van der Waals surface area contributed by atoms with Crippen molar-refractivity contribution < 1.29 is 19.1 Å². The molecule has 0 saturated carbocycles. The summed E-state index contributed by atoms with van der Waals surface area (Å²) in [4.78, 5) is 23.1. The van der Waals surface area contributed by atoms with Crippen LogP contribution in [0, 0.1) is 6.92 Å². The summed E-state index contributed by atoms with van der Waals surface area (Å²) in [6.07, 6.45) is 1.68. The van der Waals surface area contributed by atoms with Crippen molar-refractivity contribution in [3.63, 3.8) is 0 Å². The third-order valence-corrected chi connectivity index (χ3v) is 2.85. The number of carbonyl (C=O) groups is 2. The Hall–Kier alpha value is -2.30. The first-order valence-corrected chi connectivity index (χ1v) is 6.70. The summed E-state index contributed by atoms with van der Waals surface area (Å²) in [6.45, 7) is 7.05. The first-order chi connectivity index (χ1) is 9.88. The first-order valence-electron chi connectivity index (χ1n) is 6.70. The lowest BCUT2D eigenvalue weighted by Crippen LogP contribution is -2.10. The van der Waals surface area contributed by atoms with Crippen molar-refractivity contribution in [2.45, 2.75) is 27.7 Å². The van der Waals surface area contributed by atoms with Gasteiger partial charge in [-0.1, -0.05) is 0 Å². The summed E-state index contributed by atoms with van der Waals surface area (Å²) in [5.74, 6) is 0.1000. The van der Waals surface area contributed by atoms with Gasteiger partial charge in [-0.25, -0.2) is 4.79 Å². The molecule has 1 amide bonds. The van der Waals surface area contributed by atoms with E-state index in [0.717, 1.165) is 5.56 Å². The fraction of sp³-hybridized carbons (Fsp3) is 0.375. The highest BCUT2D eigenvalue weighted by atomic mass is 16.5. The molecule has 1 aromatic carbocycles. The molecule has 0 aliphatic carbocycles. The van der Waals surface area contributed by atoms with Gasteiger partial charge in [0, 0.05) is 18.1 Å². The normalized spacial score (nSPS) is 11.0. The number of methoxy groups -OCH3 is 1. The molecule has 5 heteroatoms. The van der Waals surface area contributed by atoms with Crippen LogP contribution in [0.2, 0.25) is 0 Å². The Bertz CT molecular complexity index is 576. The van der Waals surface area contributed by atoms with Crippen LogP contribution >= 0.6 is 0 Å². The van der Waals surface area contributed by atoms with Gasteiger partial charge in [0.05, 0.1) is 19.4 Å². The van der Waals surface area contributed by atoms with Crippen LogP contribution in [0.1, 0.15) is 31.9 Å². The van der Waals surface area contributed by atoms with Crippen LogP contribution in [0.25, 0.3) is 6.08 Å². The van der Waals surface area contributed by atoms with E-state index >= 15 is 0 Å². The van der Waals surface area contributed by atoms with Crippen LogP contribution in [0.3, 0.4) is 0 Å². The number of hydrogen-bond donors (Lipinski definition) is 1. The van der Waals surface area contributed by atoms with Gasteiger partial charge in [0.2, 0.25) is 5.91 Å². The Labute approximate surface area is 124 Å². The average Bonchev–Trinajstić information content (AvgIpc) is 2.42. The van der Waals surface area contributed by atoms with Crippen LogP contribution in [0.4, 0.5) is 5.69 Å². The Balaban J connectivity index is 3.30. The van der Waals surface area contributed by atoms with Crippen LogP contribution in [0.15, 0.2) is 17.7 Å². The van der Waals surface area contributed by atoms with E-state index in [-0.39, 0.29) is 11.9 Å². The van der Waals surface area contributed by atoms with Crippen molar-refractivity contribution in [2.75, 3.05) is 19.0 Å². The van der Waals surface area contributed by atoms with Gasteiger partial charge in [-0.05, 0) is 44.5 Å². The molecule has 1 rings (SSSR count). The summed E-state index contributed by atoms with van der Waals surface area (Å²) in [6, 6.07) is 3.59. The van der Waals surface area contributed by atoms with Gasteiger partial charge in [-0.2, -0.15) is 0 Å². The molecule has 0 fully saturated rings. The second-order valence-corrected chi connectivity index (χ2v) is 4.64. The predicted molar refractivity (Wildman–Crippen MR) is 82.3 cm³/mol. The molecule has 114 valence electrons. The van der Waals surface area contributed by atoms with Crippen molar-refractivity contribution in [2.24, 2.45) is 0 Å². The summed E-state index contributed by atoms with van der Waals surface area (Å²) >= 11 is 0. The number of rotatable bonds is 5. The molecule has 0 aliphatic heterocycles. The van der Waals surface area contributed by atoms with E-state index < -0.39 is 0 Å². The molecule has 0 aliphatic rings. The van der Waals surface area contributed by atoms with Gasteiger partial charge in [-0.15, -0.1) is 0 Å². The van der Waals surface area contributed by atoms with Gasteiger partial charge in [0.15, 0.2) is 0 Å². The van der Waals surface area contributed by atoms with Gasteiger partial charge >= 0.3 is 5.97 Å². The van der Waals surface area contributed by atoms with Gasteiger partial charge < -0.3 is 14.8 Å². The summed E-state index contributed by atoms with van der Waals surface area (Å²) in [5, 5.41) is 2.78. The second-order valence-electron chi connectivity index (χ2n) is 4.64. The highest BCUT2D eigenvalue weighted by Gasteiger charge is 2.11. The molecular formula is C16H21NO4. The lowest BCUT2D eigenvalue weighted by molar-refractivity contribution is -0.138. The zero-order valence-corrected chi connectivity index (χ0v) is 13.1. The molecule has 1 N–H and O–H groups in total. The number of benzene rings is 1. The van der Waals surface area contributed by atoms with Gasteiger partial charge in [0.25, 0.3) is 0 Å². The number of anilines is 1. The Morgan fingerprint density at radius 1 is 1.29 bits per heavy atom. The van der Waals surface area contributed by atoms with E-state index in [0.29, 0.717) is 29.2 Å². The van der Waals surface area contributed by atoms with Crippen molar-refractivity contribution in [3.8, 4) is 5.75 Å². The van der Waals surface area contributed by atoms with E-state index in [9.17, 15) is 9.59 Å². The zero-order chi connectivity index (χ0) is 16.0. The fourth-order valence-electron chi connectivity index (χ4n) is 1.90. The fourth-order valence-corrected chi connectivity index (χ4v) is 1.90. The Morgan fingerprint density at radius 3 is 2.48 bits per heavy atom. The number of esters is 1. The number of amides is 1. The molecular weight excluding hydrogens is 270 g/mol. The van der Waals surface area contributed by atoms with Crippen molar-refractivity contribution in [1.29, 1.82) is 0 Å². The number of carbonyl (C=O) groups excluding carboxylic acids is 2. The molecule has 0 heterocycles. The highest BCUT2D eigenvalue weighted by Crippen LogP contribution is 2.29. The van der Waals surface area contributed by atoms with Crippen LogP contribution in [-0.2, 0) is 14.3 Å². The molecule has 0 bridgehead atoms. The van der Waals surface area contributed by atoms with Gasteiger partial charge in [-0.3, -0.25) is 4.79 Å². The summed E-state index contributed by atoms with van der Waals surface area (Å²) < 4.78 is 10.2. The number of ether oxygens (including phenoxy) is 2. The summed E-state index contributed by atoms with van der Waals surface area (Å²) in [5.41, 5.74) is 2.67. The SMILES string of the molecule is CCOC(=O)C(C)=Cc1cc(OC)cc(C)c1NC(C)=O. The Kier molecular flexibility index (Phi) is 5.96. The predicted octanol–water partition coefficient (Wildman–Crippen LogP) is 2.93. The molecule has 5 nitrogen and oxygen atoms in total. The highest BCUT2D eigenvalue weighted by molar-refractivity contribution is 5.97. The van der Waals surface area contributed by atoms with E-state index in [4.69, 9.17) is 9.47 Å². The minimum absolute atomic E-state index is 0.174. The van der Waals surface area contributed by atoms with Crippen molar-refractivity contribution in [3.05, 3.63) is 28.8 Å². The maximum Gasteiger partial charge on any atom is 0.333 e. The molecule has 0 saturated heterocycles. The Morgan fingerprint density at radius 2 is 1.95 bits per heavy atom. The summed E-state index contributed by atoms with van der Waals surface area (Å²) in [7, 11) is 1.57. The minimum atomic E-state index is -0.383. The topological polar surface area (TPSA) is 64.6 Å². The molecule has 0 spiro atoms. The second kappa shape index (κ2) is 7.47. The van der Waals surface area contributed by atoms with E-state index in [1.54, 1.807) is 33.1 Å². The maximum atomic E-state index is 11.7. The number of aryl methyl sites for hydroxylation is 1. The molecule has 0 radical (unpaired) electrons. The lowest BCUT2D eigenvalue weighted by Gasteiger charge is -2.13.